The van der Waals surface area contributed by atoms with Gasteiger partial charge in [0.1, 0.15) is 5.52 Å². The lowest BCUT2D eigenvalue weighted by Gasteiger charge is -2.22. The molecule has 7 heteroatoms. The highest BCUT2D eigenvalue weighted by atomic mass is 35.5. The molecule has 1 aromatic heterocycles. The number of nitrogens with zero attached hydrogens (tertiary/aromatic N) is 1. The summed E-state index contributed by atoms with van der Waals surface area (Å²) in [5, 5.41) is 6.16. The van der Waals surface area contributed by atoms with Gasteiger partial charge in [0, 0.05) is 12.6 Å². The molecule has 1 atom stereocenters. The van der Waals surface area contributed by atoms with Gasteiger partial charge in [0.15, 0.2) is 11.5 Å². The third kappa shape index (κ3) is 4.09. The van der Waals surface area contributed by atoms with Crippen LogP contribution in [0.15, 0.2) is 22.6 Å². The molecule has 3 rings (SSSR count). The summed E-state index contributed by atoms with van der Waals surface area (Å²) in [7, 11) is 0. The van der Waals surface area contributed by atoms with Crippen molar-refractivity contribution < 1.29 is 9.21 Å². The van der Waals surface area contributed by atoms with Crippen molar-refractivity contribution in [1.82, 2.24) is 10.3 Å². The number of aromatic nitrogens is 1. The minimum absolute atomic E-state index is 0. The van der Waals surface area contributed by atoms with E-state index in [1.165, 1.54) is 0 Å². The number of aryl methyl sites for hydroxylation is 1. The standard InChI is InChI=1S/C14H17N3O2.2ClH/c1-9-16-12-8-10(5-6-13(12)19-9)17-14(18)11-4-2-3-7-15-11;;/h5-6,8,11,15H,2-4,7H2,1H3,(H,17,18);2*1H/t11-;;/m1../s1. The van der Waals surface area contributed by atoms with Crippen LogP contribution in [0.25, 0.3) is 11.1 Å². The predicted molar refractivity (Wildman–Crippen MR) is 87.5 cm³/mol. The van der Waals surface area contributed by atoms with Crippen molar-refractivity contribution in [1.29, 1.82) is 0 Å². The van der Waals surface area contributed by atoms with Crippen molar-refractivity contribution in [3.63, 3.8) is 0 Å². The van der Waals surface area contributed by atoms with Crippen molar-refractivity contribution in [2.75, 3.05) is 11.9 Å². The van der Waals surface area contributed by atoms with Crippen molar-refractivity contribution >= 4 is 47.5 Å². The Morgan fingerprint density at radius 2 is 2.19 bits per heavy atom. The smallest absolute Gasteiger partial charge is 0.241 e. The number of carbonyl (C=O) groups is 1. The normalized spacial score (nSPS) is 17.7. The summed E-state index contributed by atoms with van der Waals surface area (Å²) in [6, 6.07) is 5.43. The first kappa shape index (κ1) is 17.8. The number of carbonyl (C=O) groups excluding carboxylic acids is 1. The molecular weight excluding hydrogens is 313 g/mol. The molecule has 2 N–H and O–H groups in total. The molecule has 21 heavy (non-hydrogen) atoms. The van der Waals surface area contributed by atoms with Crippen molar-refractivity contribution in [2.24, 2.45) is 0 Å². The van der Waals surface area contributed by atoms with Gasteiger partial charge in [-0.25, -0.2) is 4.98 Å². The summed E-state index contributed by atoms with van der Waals surface area (Å²) in [5.41, 5.74) is 2.27. The Balaban J connectivity index is 0.00000110. The van der Waals surface area contributed by atoms with Crippen molar-refractivity contribution in [2.45, 2.75) is 32.2 Å². The lowest BCUT2D eigenvalue weighted by atomic mass is 10.0. The van der Waals surface area contributed by atoms with E-state index in [1.807, 2.05) is 25.1 Å². The number of benzene rings is 1. The van der Waals surface area contributed by atoms with Gasteiger partial charge in [0.25, 0.3) is 0 Å². The summed E-state index contributed by atoms with van der Waals surface area (Å²) < 4.78 is 5.41. The zero-order valence-corrected chi connectivity index (χ0v) is 13.4. The highest BCUT2D eigenvalue weighted by Gasteiger charge is 2.20. The van der Waals surface area contributed by atoms with Crippen LogP contribution in [-0.2, 0) is 4.79 Å². The zero-order chi connectivity index (χ0) is 13.2. The number of fused-ring (bicyclic) bond motifs is 1. The van der Waals surface area contributed by atoms with Crippen LogP contribution in [0.3, 0.4) is 0 Å². The van der Waals surface area contributed by atoms with Gasteiger partial charge in [-0.15, -0.1) is 24.8 Å². The van der Waals surface area contributed by atoms with E-state index in [-0.39, 0.29) is 36.8 Å². The molecule has 1 aliphatic rings. The molecule has 0 saturated carbocycles. The molecule has 1 amide bonds. The van der Waals surface area contributed by atoms with E-state index in [9.17, 15) is 4.79 Å². The minimum atomic E-state index is -0.0801. The van der Waals surface area contributed by atoms with Gasteiger partial charge in [0.05, 0.1) is 6.04 Å². The number of anilines is 1. The molecule has 116 valence electrons. The Morgan fingerprint density at radius 3 is 2.90 bits per heavy atom. The Hall–Kier alpha value is -1.30. The Labute approximate surface area is 135 Å². The third-order valence-corrected chi connectivity index (χ3v) is 3.39. The van der Waals surface area contributed by atoms with Gasteiger partial charge in [-0.05, 0) is 37.6 Å². The molecule has 0 unspecified atom stereocenters. The molecule has 0 aliphatic carbocycles. The molecule has 2 heterocycles. The Morgan fingerprint density at radius 1 is 1.38 bits per heavy atom. The fourth-order valence-electron chi connectivity index (χ4n) is 2.43. The van der Waals surface area contributed by atoms with Crippen LogP contribution in [0, 0.1) is 6.92 Å². The van der Waals surface area contributed by atoms with E-state index >= 15 is 0 Å². The average molecular weight is 332 g/mol. The zero-order valence-electron chi connectivity index (χ0n) is 11.7. The van der Waals surface area contributed by atoms with E-state index in [0.717, 1.165) is 42.6 Å². The lowest BCUT2D eigenvalue weighted by Crippen LogP contribution is -2.43. The number of rotatable bonds is 2. The van der Waals surface area contributed by atoms with Gasteiger partial charge in [-0.2, -0.15) is 0 Å². The fraction of sp³-hybridized carbons (Fsp3) is 0.429. The molecule has 5 nitrogen and oxygen atoms in total. The van der Waals surface area contributed by atoms with Gasteiger partial charge < -0.3 is 15.1 Å². The van der Waals surface area contributed by atoms with Gasteiger partial charge in [0.2, 0.25) is 5.91 Å². The SMILES string of the molecule is Cc1nc2cc(NC(=O)[C@H]3CCCCN3)ccc2o1.Cl.Cl. The summed E-state index contributed by atoms with van der Waals surface area (Å²) in [5.74, 6) is 0.659. The van der Waals surface area contributed by atoms with Crippen molar-refractivity contribution in [3.05, 3.63) is 24.1 Å². The van der Waals surface area contributed by atoms with Crippen LogP contribution in [0.5, 0.6) is 0 Å². The van der Waals surface area contributed by atoms with Crippen LogP contribution in [0.4, 0.5) is 5.69 Å². The van der Waals surface area contributed by atoms with E-state index in [4.69, 9.17) is 4.42 Å². The molecule has 1 aromatic carbocycles. The molecule has 0 spiro atoms. The lowest BCUT2D eigenvalue weighted by molar-refractivity contribution is -0.118. The summed E-state index contributed by atoms with van der Waals surface area (Å²) in [4.78, 5) is 16.4. The number of amides is 1. The maximum atomic E-state index is 12.1. The van der Waals surface area contributed by atoms with Gasteiger partial charge in [-0.3, -0.25) is 4.79 Å². The molecule has 1 aliphatic heterocycles. The maximum Gasteiger partial charge on any atom is 0.241 e. The third-order valence-electron chi connectivity index (χ3n) is 3.39. The number of hydrogen-bond acceptors (Lipinski definition) is 4. The fourth-order valence-corrected chi connectivity index (χ4v) is 2.43. The average Bonchev–Trinajstić information content (AvgIpc) is 2.79. The van der Waals surface area contributed by atoms with Crippen molar-refractivity contribution in [3.8, 4) is 0 Å². The first-order valence-electron chi connectivity index (χ1n) is 6.64. The highest BCUT2D eigenvalue weighted by Crippen LogP contribution is 2.20. The molecule has 0 bridgehead atoms. The maximum absolute atomic E-state index is 12.1. The number of hydrogen-bond donors (Lipinski definition) is 2. The molecule has 0 radical (unpaired) electrons. The number of piperidine rings is 1. The predicted octanol–water partition coefficient (Wildman–Crippen LogP) is 3.06. The van der Waals surface area contributed by atoms with Crippen LogP contribution in [-0.4, -0.2) is 23.5 Å². The second-order valence-corrected chi connectivity index (χ2v) is 4.91. The van der Waals surface area contributed by atoms with Crippen LogP contribution >= 0.6 is 24.8 Å². The van der Waals surface area contributed by atoms with E-state index in [2.05, 4.69) is 15.6 Å². The van der Waals surface area contributed by atoms with E-state index in [0.29, 0.717) is 5.89 Å². The molecule has 2 aromatic rings. The second kappa shape index (κ2) is 7.64. The van der Waals surface area contributed by atoms with Gasteiger partial charge in [-0.1, -0.05) is 6.42 Å². The monoisotopic (exact) mass is 331 g/mol. The minimum Gasteiger partial charge on any atom is -0.441 e. The summed E-state index contributed by atoms with van der Waals surface area (Å²) in [6.07, 6.45) is 3.15. The number of halogens is 2. The van der Waals surface area contributed by atoms with Crippen LogP contribution in [0.2, 0.25) is 0 Å². The first-order chi connectivity index (χ1) is 9.22. The summed E-state index contributed by atoms with van der Waals surface area (Å²) >= 11 is 0. The highest BCUT2D eigenvalue weighted by molar-refractivity contribution is 5.96. The first-order valence-corrected chi connectivity index (χ1v) is 6.64. The Kier molecular flexibility index (Phi) is 6.45. The van der Waals surface area contributed by atoms with Gasteiger partial charge >= 0.3 is 0 Å². The largest absolute Gasteiger partial charge is 0.441 e. The van der Waals surface area contributed by atoms with E-state index < -0.39 is 0 Å². The van der Waals surface area contributed by atoms with E-state index in [1.54, 1.807) is 0 Å². The number of oxazole rings is 1. The molecule has 1 fully saturated rings. The van der Waals surface area contributed by atoms with Crippen LogP contribution in [0.1, 0.15) is 25.2 Å². The number of nitrogens with one attached hydrogen (secondary N) is 2. The van der Waals surface area contributed by atoms with Crippen LogP contribution < -0.4 is 10.6 Å². The second-order valence-electron chi connectivity index (χ2n) is 4.91. The molecular formula is C14H19Cl2N3O2. The molecule has 1 saturated heterocycles. The summed E-state index contributed by atoms with van der Waals surface area (Å²) in [6.45, 7) is 2.73. The topological polar surface area (TPSA) is 67.2 Å². The Bertz CT molecular complexity index is 609. The quantitative estimate of drug-likeness (QED) is 0.887.